The molecule has 1 aromatic carbocycles. The second-order valence-electron chi connectivity index (χ2n) is 5.99. The number of rotatable bonds is 4. The number of hydrogen-bond donors (Lipinski definition) is 0. The first-order chi connectivity index (χ1) is 12.3. The molecule has 9 heteroatoms. The van der Waals surface area contributed by atoms with Gasteiger partial charge in [-0.25, -0.2) is 22.0 Å². The molecule has 0 spiro atoms. The number of piperidine rings is 1. The van der Waals surface area contributed by atoms with E-state index in [4.69, 9.17) is 9.15 Å². The molecular formula is C17H17F2NO5S. The van der Waals surface area contributed by atoms with Gasteiger partial charge in [-0.2, -0.15) is 4.31 Å². The van der Waals surface area contributed by atoms with Crippen molar-refractivity contribution in [2.24, 2.45) is 0 Å². The molecule has 0 atom stereocenters. The standard InChI is InChI=1S/C17H17F2NO5S/c1-11-9-13(10-16(21)24-11)25-12-5-7-20(8-6-12)26(22,23)17-14(18)3-2-4-15(17)19/h2-4,9-10,12H,5-8H2,1H3. The molecule has 1 fully saturated rings. The maximum Gasteiger partial charge on any atom is 0.339 e. The van der Waals surface area contributed by atoms with E-state index in [1.165, 1.54) is 6.07 Å². The second kappa shape index (κ2) is 7.16. The first-order valence-corrected chi connectivity index (χ1v) is 9.44. The molecule has 0 radical (unpaired) electrons. The molecule has 0 unspecified atom stereocenters. The third-order valence-corrected chi connectivity index (χ3v) is 6.04. The number of hydrogen-bond acceptors (Lipinski definition) is 5. The Balaban J connectivity index is 1.71. The van der Waals surface area contributed by atoms with Crippen LogP contribution in [0.3, 0.4) is 0 Å². The van der Waals surface area contributed by atoms with Crippen LogP contribution in [-0.4, -0.2) is 31.9 Å². The fraction of sp³-hybridized carbons (Fsp3) is 0.353. The Morgan fingerprint density at radius 3 is 2.35 bits per heavy atom. The van der Waals surface area contributed by atoms with Crippen molar-refractivity contribution in [3.05, 3.63) is 58.1 Å². The van der Waals surface area contributed by atoms with E-state index in [0.29, 0.717) is 24.4 Å². The highest BCUT2D eigenvalue weighted by Gasteiger charge is 2.34. The van der Waals surface area contributed by atoms with E-state index in [2.05, 4.69) is 0 Å². The van der Waals surface area contributed by atoms with Crippen molar-refractivity contribution in [3.63, 3.8) is 0 Å². The van der Waals surface area contributed by atoms with Crippen molar-refractivity contribution >= 4 is 10.0 Å². The Hall–Kier alpha value is -2.26. The number of benzene rings is 1. The van der Waals surface area contributed by atoms with E-state index < -0.39 is 32.2 Å². The highest BCUT2D eigenvalue weighted by atomic mass is 32.2. The Kier molecular flexibility index (Phi) is 5.10. The minimum Gasteiger partial charge on any atom is -0.490 e. The molecule has 6 nitrogen and oxygen atoms in total. The van der Waals surface area contributed by atoms with Crippen LogP contribution in [-0.2, 0) is 10.0 Å². The van der Waals surface area contributed by atoms with E-state index in [0.717, 1.165) is 22.5 Å². The van der Waals surface area contributed by atoms with Crippen LogP contribution >= 0.6 is 0 Å². The van der Waals surface area contributed by atoms with Crippen molar-refractivity contribution in [3.8, 4) is 5.75 Å². The zero-order chi connectivity index (χ0) is 18.9. The van der Waals surface area contributed by atoms with Crippen molar-refractivity contribution in [2.75, 3.05) is 13.1 Å². The lowest BCUT2D eigenvalue weighted by Crippen LogP contribution is -2.42. The van der Waals surface area contributed by atoms with Crippen LogP contribution in [0.1, 0.15) is 18.6 Å². The zero-order valence-corrected chi connectivity index (χ0v) is 14.8. The van der Waals surface area contributed by atoms with Crippen LogP contribution in [0.2, 0.25) is 0 Å². The molecule has 0 N–H and O–H groups in total. The Morgan fingerprint density at radius 1 is 1.15 bits per heavy atom. The lowest BCUT2D eigenvalue weighted by molar-refractivity contribution is 0.133. The molecule has 1 aliphatic heterocycles. The summed E-state index contributed by atoms with van der Waals surface area (Å²) in [6.45, 7) is 1.73. The normalized spacial score (nSPS) is 16.6. The lowest BCUT2D eigenvalue weighted by Gasteiger charge is -2.31. The maximum atomic E-state index is 13.8. The first-order valence-electron chi connectivity index (χ1n) is 8.00. The van der Waals surface area contributed by atoms with Crippen LogP contribution in [0.5, 0.6) is 5.75 Å². The number of ether oxygens (including phenoxy) is 1. The molecule has 1 aliphatic rings. The van der Waals surface area contributed by atoms with Crippen LogP contribution in [0.15, 0.2) is 44.4 Å². The topological polar surface area (TPSA) is 76.8 Å². The number of sulfonamides is 1. The van der Waals surface area contributed by atoms with Crippen molar-refractivity contribution < 1.29 is 26.4 Å². The average molecular weight is 385 g/mol. The average Bonchev–Trinajstić information content (AvgIpc) is 2.54. The van der Waals surface area contributed by atoms with E-state index in [-0.39, 0.29) is 19.2 Å². The molecule has 0 bridgehead atoms. The van der Waals surface area contributed by atoms with Gasteiger partial charge in [-0.15, -0.1) is 0 Å². The van der Waals surface area contributed by atoms with Gasteiger partial charge in [0, 0.05) is 19.2 Å². The summed E-state index contributed by atoms with van der Waals surface area (Å²) in [6, 6.07) is 5.72. The highest BCUT2D eigenvalue weighted by molar-refractivity contribution is 7.89. The summed E-state index contributed by atoms with van der Waals surface area (Å²) < 4.78 is 64.3. The Morgan fingerprint density at radius 2 is 1.77 bits per heavy atom. The van der Waals surface area contributed by atoms with Crippen molar-refractivity contribution in [2.45, 2.75) is 30.8 Å². The van der Waals surface area contributed by atoms with Gasteiger partial charge in [-0.3, -0.25) is 0 Å². The number of nitrogens with zero attached hydrogens (tertiary/aromatic N) is 1. The van der Waals surface area contributed by atoms with Crippen LogP contribution in [0.25, 0.3) is 0 Å². The molecule has 1 saturated heterocycles. The minimum absolute atomic E-state index is 0.0567. The fourth-order valence-corrected chi connectivity index (χ4v) is 4.46. The largest absolute Gasteiger partial charge is 0.490 e. The molecular weight excluding hydrogens is 368 g/mol. The van der Waals surface area contributed by atoms with E-state index >= 15 is 0 Å². The zero-order valence-electron chi connectivity index (χ0n) is 13.9. The third-order valence-electron chi connectivity index (χ3n) is 4.09. The van der Waals surface area contributed by atoms with Gasteiger partial charge in [0.1, 0.15) is 29.2 Å². The van der Waals surface area contributed by atoms with Gasteiger partial charge < -0.3 is 9.15 Å². The van der Waals surface area contributed by atoms with Crippen molar-refractivity contribution in [1.82, 2.24) is 4.31 Å². The van der Waals surface area contributed by atoms with Crippen LogP contribution < -0.4 is 10.4 Å². The molecule has 2 aromatic rings. The van der Waals surface area contributed by atoms with Gasteiger partial charge in [0.15, 0.2) is 4.90 Å². The smallest absolute Gasteiger partial charge is 0.339 e. The molecule has 2 heterocycles. The summed E-state index contributed by atoms with van der Waals surface area (Å²) >= 11 is 0. The second-order valence-corrected chi connectivity index (χ2v) is 7.87. The fourth-order valence-electron chi connectivity index (χ4n) is 2.88. The summed E-state index contributed by atoms with van der Waals surface area (Å²) in [5, 5.41) is 0. The van der Waals surface area contributed by atoms with Gasteiger partial charge in [-0.05, 0) is 31.9 Å². The van der Waals surface area contributed by atoms with E-state index in [1.807, 2.05) is 0 Å². The summed E-state index contributed by atoms with van der Waals surface area (Å²) in [5.74, 6) is -1.48. The lowest BCUT2D eigenvalue weighted by atomic mass is 10.1. The van der Waals surface area contributed by atoms with Gasteiger partial charge in [0.2, 0.25) is 10.0 Å². The Bertz CT molecular complexity index is 945. The Labute approximate surface area is 149 Å². The molecule has 140 valence electrons. The quantitative estimate of drug-likeness (QED) is 0.808. The van der Waals surface area contributed by atoms with Gasteiger partial charge >= 0.3 is 5.63 Å². The van der Waals surface area contributed by atoms with E-state index in [1.54, 1.807) is 13.0 Å². The summed E-state index contributed by atoms with van der Waals surface area (Å²) in [7, 11) is -4.27. The molecule has 0 aliphatic carbocycles. The number of aryl methyl sites for hydroxylation is 1. The van der Waals surface area contributed by atoms with Gasteiger partial charge in [0.25, 0.3) is 0 Å². The molecule has 3 rings (SSSR count). The molecule has 1 aromatic heterocycles. The highest BCUT2D eigenvalue weighted by Crippen LogP contribution is 2.26. The molecule has 0 saturated carbocycles. The molecule has 0 amide bonds. The van der Waals surface area contributed by atoms with Crippen molar-refractivity contribution in [1.29, 1.82) is 0 Å². The third kappa shape index (κ3) is 3.78. The summed E-state index contributed by atoms with van der Waals surface area (Å²) in [6.07, 6.45) is 0.344. The summed E-state index contributed by atoms with van der Waals surface area (Å²) in [5.41, 5.74) is -0.532. The monoisotopic (exact) mass is 385 g/mol. The SMILES string of the molecule is Cc1cc(OC2CCN(S(=O)(=O)c3c(F)cccc3F)CC2)cc(=O)o1. The maximum absolute atomic E-state index is 13.8. The van der Waals surface area contributed by atoms with Crippen LogP contribution in [0.4, 0.5) is 8.78 Å². The predicted molar refractivity (Wildman–Crippen MR) is 88.5 cm³/mol. The van der Waals surface area contributed by atoms with Gasteiger partial charge in [0.05, 0.1) is 6.07 Å². The van der Waals surface area contributed by atoms with Gasteiger partial charge in [-0.1, -0.05) is 6.07 Å². The van der Waals surface area contributed by atoms with E-state index in [9.17, 15) is 22.0 Å². The van der Waals surface area contributed by atoms with Crippen LogP contribution in [0, 0.1) is 18.6 Å². The summed E-state index contributed by atoms with van der Waals surface area (Å²) in [4.78, 5) is 10.4. The predicted octanol–water partition coefficient (Wildman–Crippen LogP) is 2.46. The first kappa shape index (κ1) is 18.5. The number of halogens is 2. The minimum atomic E-state index is -4.27. The molecule has 26 heavy (non-hydrogen) atoms.